The second-order valence-corrected chi connectivity index (χ2v) is 7.05. The highest BCUT2D eigenvalue weighted by atomic mass is 32.1. The molecule has 0 bridgehead atoms. The Labute approximate surface area is 178 Å². The Kier molecular flexibility index (Phi) is 5.40. The molecule has 0 fully saturated rings. The summed E-state index contributed by atoms with van der Waals surface area (Å²) in [7, 11) is 0. The smallest absolute Gasteiger partial charge is 0.246 e. The minimum atomic E-state index is -0.265. The Balaban J connectivity index is 1.62. The van der Waals surface area contributed by atoms with Crippen molar-refractivity contribution in [3.05, 3.63) is 89.5 Å². The number of carbonyl (C=O) groups excluding carboxylic acids is 2. The van der Waals surface area contributed by atoms with Crippen molar-refractivity contribution in [2.75, 3.05) is 5.32 Å². The van der Waals surface area contributed by atoms with Crippen LogP contribution in [0.4, 0.5) is 5.69 Å². The van der Waals surface area contributed by atoms with Crippen molar-refractivity contribution >= 4 is 29.6 Å². The summed E-state index contributed by atoms with van der Waals surface area (Å²) in [6.07, 6.45) is 3.73. The molecule has 1 amide bonds. The molecule has 1 N–H and O–H groups in total. The number of Topliss-reactive ketones (excluding diaryl/α,β-unsaturated/α-hetero) is 1. The molecule has 150 valence electrons. The summed E-state index contributed by atoms with van der Waals surface area (Å²) in [6.45, 7) is 1.46. The summed E-state index contributed by atoms with van der Waals surface area (Å²) in [5, 5.41) is 7.42. The fraction of sp³-hybridized carbons (Fsp3) is 0.0909. The SMILES string of the molecule is CC(=O)c1ccc(NC(=O)Cn2nc(-c3ccccc3)n(-n3cccc3)c2=S)cc1. The van der Waals surface area contributed by atoms with Gasteiger partial charge < -0.3 is 5.32 Å². The minimum absolute atomic E-state index is 0.0248. The molecule has 0 aliphatic carbocycles. The van der Waals surface area contributed by atoms with Crippen LogP contribution in [0.25, 0.3) is 11.4 Å². The lowest BCUT2D eigenvalue weighted by atomic mass is 10.1. The number of nitrogens with zero attached hydrogens (tertiary/aromatic N) is 4. The van der Waals surface area contributed by atoms with Crippen molar-refractivity contribution in [2.45, 2.75) is 13.5 Å². The van der Waals surface area contributed by atoms with Crippen molar-refractivity contribution < 1.29 is 9.59 Å². The number of aromatic nitrogens is 4. The minimum Gasteiger partial charge on any atom is -0.324 e. The van der Waals surface area contributed by atoms with E-state index in [0.29, 0.717) is 21.8 Å². The predicted octanol–water partition coefficient (Wildman–Crippen LogP) is 4.04. The van der Waals surface area contributed by atoms with Gasteiger partial charge in [-0.3, -0.25) is 14.3 Å². The lowest BCUT2D eigenvalue weighted by Gasteiger charge is -2.07. The third-order valence-electron chi connectivity index (χ3n) is 4.54. The largest absolute Gasteiger partial charge is 0.324 e. The first-order chi connectivity index (χ1) is 14.5. The number of benzene rings is 2. The van der Waals surface area contributed by atoms with E-state index in [4.69, 9.17) is 12.2 Å². The molecule has 0 atom stereocenters. The fourth-order valence-electron chi connectivity index (χ4n) is 3.06. The summed E-state index contributed by atoms with van der Waals surface area (Å²) >= 11 is 5.61. The van der Waals surface area contributed by atoms with E-state index < -0.39 is 0 Å². The number of ketones is 1. The van der Waals surface area contributed by atoms with E-state index in [9.17, 15) is 9.59 Å². The van der Waals surface area contributed by atoms with Gasteiger partial charge in [0, 0.05) is 29.2 Å². The van der Waals surface area contributed by atoms with E-state index in [1.54, 1.807) is 28.9 Å². The van der Waals surface area contributed by atoms with Crippen LogP contribution in [0.15, 0.2) is 79.1 Å². The summed E-state index contributed by atoms with van der Waals surface area (Å²) in [5.74, 6) is 0.344. The highest BCUT2D eigenvalue weighted by Gasteiger charge is 2.16. The monoisotopic (exact) mass is 417 g/mol. The zero-order valence-corrected chi connectivity index (χ0v) is 17.0. The van der Waals surface area contributed by atoms with Crippen LogP contribution >= 0.6 is 12.2 Å². The standard InChI is InChI=1S/C22H19N5O2S/c1-16(28)17-9-11-19(12-10-17)23-20(29)15-26-22(30)27(25-13-5-6-14-25)21(24-26)18-7-3-2-4-8-18/h2-14H,15H2,1H3,(H,23,29). The summed E-state index contributed by atoms with van der Waals surface area (Å²) in [4.78, 5) is 24.0. The van der Waals surface area contributed by atoms with Crippen molar-refractivity contribution in [2.24, 2.45) is 0 Å². The average molecular weight is 417 g/mol. The van der Waals surface area contributed by atoms with Gasteiger partial charge in [0.05, 0.1) is 0 Å². The maximum Gasteiger partial charge on any atom is 0.246 e. The number of carbonyl (C=O) groups is 2. The van der Waals surface area contributed by atoms with E-state index in [2.05, 4.69) is 10.4 Å². The third-order valence-corrected chi connectivity index (χ3v) is 4.92. The molecule has 0 unspecified atom stereocenters. The lowest BCUT2D eigenvalue weighted by molar-refractivity contribution is -0.116. The van der Waals surface area contributed by atoms with Crippen LogP contribution < -0.4 is 5.32 Å². The number of amides is 1. The molecule has 8 heteroatoms. The number of hydrogen-bond acceptors (Lipinski definition) is 4. The summed E-state index contributed by atoms with van der Waals surface area (Å²) < 4.78 is 5.50. The Morgan fingerprint density at radius 2 is 1.63 bits per heavy atom. The second-order valence-electron chi connectivity index (χ2n) is 6.69. The van der Waals surface area contributed by atoms with E-state index in [0.717, 1.165) is 5.56 Å². The van der Waals surface area contributed by atoms with Gasteiger partial charge in [0.2, 0.25) is 10.7 Å². The fourth-order valence-corrected chi connectivity index (χ4v) is 3.35. The van der Waals surface area contributed by atoms with Crippen LogP contribution in [0.3, 0.4) is 0 Å². The van der Waals surface area contributed by atoms with Crippen molar-refractivity contribution in [3.8, 4) is 11.4 Å². The van der Waals surface area contributed by atoms with E-state index in [1.165, 1.54) is 11.6 Å². The topological polar surface area (TPSA) is 73.8 Å². The van der Waals surface area contributed by atoms with Gasteiger partial charge in [-0.05, 0) is 55.5 Å². The molecular formula is C22H19N5O2S. The molecule has 0 aliphatic heterocycles. The maximum absolute atomic E-state index is 12.6. The number of rotatable bonds is 6. The Morgan fingerprint density at radius 1 is 0.967 bits per heavy atom. The van der Waals surface area contributed by atoms with E-state index in [-0.39, 0.29) is 18.2 Å². The quantitative estimate of drug-likeness (QED) is 0.380. The van der Waals surface area contributed by atoms with Gasteiger partial charge in [-0.2, -0.15) is 0 Å². The molecule has 4 rings (SSSR count). The molecule has 7 nitrogen and oxygen atoms in total. The number of hydrogen-bond donors (Lipinski definition) is 1. The zero-order valence-electron chi connectivity index (χ0n) is 16.2. The lowest BCUT2D eigenvalue weighted by Crippen LogP contribution is -2.20. The highest BCUT2D eigenvalue weighted by molar-refractivity contribution is 7.71. The zero-order chi connectivity index (χ0) is 21.1. The second kappa shape index (κ2) is 8.30. The average Bonchev–Trinajstić information content (AvgIpc) is 3.37. The van der Waals surface area contributed by atoms with Gasteiger partial charge in [0.15, 0.2) is 11.6 Å². The molecule has 0 radical (unpaired) electrons. The molecule has 4 aromatic rings. The van der Waals surface area contributed by atoms with E-state index >= 15 is 0 Å². The summed E-state index contributed by atoms with van der Waals surface area (Å²) in [6, 6.07) is 20.2. The number of nitrogens with one attached hydrogen (secondary N) is 1. The first kappa shape index (κ1) is 19.5. The molecule has 0 saturated heterocycles. The van der Waals surface area contributed by atoms with Crippen LogP contribution in [0.2, 0.25) is 0 Å². The first-order valence-corrected chi connectivity index (χ1v) is 9.73. The van der Waals surface area contributed by atoms with Crippen LogP contribution in [0.1, 0.15) is 17.3 Å². The molecular weight excluding hydrogens is 398 g/mol. The summed E-state index contributed by atoms with van der Waals surface area (Å²) in [5.41, 5.74) is 2.08. The van der Waals surface area contributed by atoms with Crippen LogP contribution in [-0.2, 0) is 11.3 Å². The first-order valence-electron chi connectivity index (χ1n) is 9.33. The van der Waals surface area contributed by atoms with Gasteiger partial charge >= 0.3 is 0 Å². The molecule has 2 heterocycles. The Hall–Kier alpha value is -3.78. The Bertz CT molecular complexity index is 1240. The molecule has 0 aliphatic rings. The highest BCUT2D eigenvalue weighted by Crippen LogP contribution is 2.19. The van der Waals surface area contributed by atoms with Crippen LogP contribution in [-0.4, -0.2) is 30.8 Å². The molecule has 2 aromatic heterocycles. The molecule has 2 aromatic carbocycles. The van der Waals surface area contributed by atoms with Gasteiger partial charge in [0.25, 0.3) is 0 Å². The van der Waals surface area contributed by atoms with Crippen LogP contribution in [0.5, 0.6) is 0 Å². The van der Waals surface area contributed by atoms with Crippen LogP contribution in [0, 0.1) is 4.77 Å². The van der Waals surface area contributed by atoms with Gasteiger partial charge in [-0.1, -0.05) is 30.3 Å². The third kappa shape index (κ3) is 3.99. The van der Waals surface area contributed by atoms with Crippen molar-refractivity contribution in [1.82, 2.24) is 19.1 Å². The molecule has 0 spiro atoms. The van der Waals surface area contributed by atoms with E-state index in [1.807, 2.05) is 59.5 Å². The van der Waals surface area contributed by atoms with Crippen molar-refractivity contribution in [3.63, 3.8) is 0 Å². The number of anilines is 1. The van der Waals surface area contributed by atoms with Gasteiger partial charge in [0.1, 0.15) is 6.54 Å². The van der Waals surface area contributed by atoms with Gasteiger partial charge in [-0.15, -0.1) is 5.10 Å². The van der Waals surface area contributed by atoms with Crippen molar-refractivity contribution in [1.29, 1.82) is 0 Å². The predicted molar refractivity (Wildman–Crippen MR) is 117 cm³/mol. The van der Waals surface area contributed by atoms with Gasteiger partial charge in [-0.25, -0.2) is 9.36 Å². The normalized spacial score (nSPS) is 10.7. The molecule has 0 saturated carbocycles. The Morgan fingerprint density at radius 3 is 2.27 bits per heavy atom. The maximum atomic E-state index is 12.6. The molecule has 30 heavy (non-hydrogen) atoms.